The van der Waals surface area contributed by atoms with E-state index in [1.165, 1.54) is 50.5 Å². The Morgan fingerprint density at radius 1 is 1.08 bits per heavy atom. The van der Waals surface area contributed by atoms with Gasteiger partial charge >= 0.3 is 0 Å². The third-order valence-corrected chi connectivity index (χ3v) is 8.95. The average Bonchev–Trinajstić information content (AvgIpc) is 2.72. The Labute approximate surface area is 145 Å². The zero-order chi connectivity index (χ0) is 16.6. The third kappa shape index (κ3) is 1.62. The first-order valence-electron chi connectivity index (χ1n) is 9.92. The number of aryl methyl sites for hydroxylation is 1. The van der Waals surface area contributed by atoms with Crippen LogP contribution in [0.1, 0.15) is 75.3 Å². The Hall–Kier alpha value is -1.02. The molecule has 0 spiro atoms. The molecule has 4 aliphatic rings. The molecule has 5 atom stereocenters. The van der Waals surface area contributed by atoms with Gasteiger partial charge < -0.3 is 9.84 Å². The van der Waals surface area contributed by atoms with Crippen molar-refractivity contribution >= 4 is 0 Å². The van der Waals surface area contributed by atoms with E-state index in [4.69, 9.17) is 4.74 Å². The lowest BCUT2D eigenvalue weighted by Gasteiger charge is -2.63. The van der Waals surface area contributed by atoms with Gasteiger partial charge in [-0.3, -0.25) is 0 Å². The fourth-order valence-electron chi connectivity index (χ4n) is 7.68. The van der Waals surface area contributed by atoms with Gasteiger partial charge in [0.25, 0.3) is 0 Å². The summed E-state index contributed by atoms with van der Waals surface area (Å²) in [7, 11) is 1.76. The van der Waals surface area contributed by atoms with Crippen molar-refractivity contribution in [2.75, 3.05) is 7.11 Å². The highest BCUT2D eigenvalue weighted by molar-refractivity contribution is 5.41. The first-order valence-corrected chi connectivity index (χ1v) is 9.92. The highest BCUT2D eigenvalue weighted by atomic mass is 16.5. The number of fused-ring (bicyclic) bond motifs is 3. The predicted octanol–water partition coefficient (Wildman–Crippen LogP) is 4.84. The minimum atomic E-state index is -0.379. The van der Waals surface area contributed by atoms with Gasteiger partial charge in [-0.1, -0.05) is 13.0 Å². The second-order valence-electron chi connectivity index (χ2n) is 9.23. The van der Waals surface area contributed by atoms with Gasteiger partial charge in [-0.05, 0) is 98.3 Å². The molecule has 24 heavy (non-hydrogen) atoms. The van der Waals surface area contributed by atoms with Crippen molar-refractivity contribution in [2.24, 2.45) is 16.7 Å². The van der Waals surface area contributed by atoms with Gasteiger partial charge in [0, 0.05) is 5.41 Å². The zero-order valence-corrected chi connectivity index (χ0v) is 15.1. The summed E-state index contributed by atoms with van der Waals surface area (Å²) in [6.07, 6.45) is 10.9. The summed E-state index contributed by atoms with van der Waals surface area (Å²) in [5, 5.41) is 11.4. The molecule has 0 saturated heterocycles. The second-order valence-corrected chi connectivity index (χ2v) is 9.23. The summed E-state index contributed by atoms with van der Waals surface area (Å²) in [5.41, 5.74) is 3.27. The number of methoxy groups -OCH3 is 1. The van der Waals surface area contributed by atoms with Crippen LogP contribution >= 0.6 is 0 Å². The maximum absolute atomic E-state index is 11.4. The normalized spacial score (nSPS) is 46.0. The van der Waals surface area contributed by atoms with Gasteiger partial charge in [0.05, 0.1) is 12.7 Å². The molecule has 0 unspecified atom stereocenters. The lowest BCUT2D eigenvalue weighted by molar-refractivity contribution is -0.177. The summed E-state index contributed by atoms with van der Waals surface area (Å²) in [4.78, 5) is 0. The van der Waals surface area contributed by atoms with Crippen molar-refractivity contribution in [3.8, 4) is 5.75 Å². The van der Waals surface area contributed by atoms with E-state index >= 15 is 0 Å². The van der Waals surface area contributed by atoms with Gasteiger partial charge in [-0.25, -0.2) is 0 Å². The minimum Gasteiger partial charge on any atom is -0.497 e. The largest absolute Gasteiger partial charge is 0.497 e. The van der Waals surface area contributed by atoms with Crippen molar-refractivity contribution in [1.82, 2.24) is 0 Å². The minimum absolute atomic E-state index is 0.156. The fraction of sp³-hybridized carbons (Fsp3) is 0.727. The van der Waals surface area contributed by atoms with Gasteiger partial charge in [0.15, 0.2) is 0 Å². The first-order chi connectivity index (χ1) is 11.5. The number of ether oxygens (including phenoxy) is 1. The maximum Gasteiger partial charge on any atom is 0.119 e. The van der Waals surface area contributed by atoms with Crippen molar-refractivity contribution in [2.45, 2.75) is 76.2 Å². The molecule has 0 aromatic heterocycles. The van der Waals surface area contributed by atoms with Gasteiger partial charge in [-0.2, -0.15) is 0 Å². The van der Waals surface area contributed by atoms with Gasteiger partial charge in [0.1, 0.15) is 5.75 Å². The Balaban J connectivity index is 1.59. The Morgan fingerprint density at radius 2 is 1.96 bits per heavy atom. The molecule has 1 aromatic carbocycles. The molecule has 1 aromatic rings. The van der Waals surface area contributed by atoms with E-state index in [0.29, 0.717) is 11.3 Å². The SMILES string of the molecule is COc1ccc2c(c1)CC[C@@H]1[C@@H]2CC[C@]2(C)[C@]3(O)CCC[C@]12CC3. The summed E-state index contributed by atoms with van der Waals surface area (Å²) in [6.45, 7) is 2.44. The van der Waals surface area contributed by atoms with E-state index in [0.717, 1.165) is 24.5 Å². The Bertz CT molecular complexity index is 683. The van der Waals surface area contributed by atoms with Crippen LogP contribution in [-0.4, -0.2) is 17.8 Å². The Kier molecular flexibility index (Phi) is 3.04. The molecule has 0 aliphatic heterocycles. The topological polar surface area (TPSA) is 29.5 Å². The first kappa shape index (κ1) is 15.3. The van der Waals surface area contributed by atoms with Crippen molar-refractivity contribution in [3.63, 3.8) is 0 Å². The zero-order valence-electron chi connectivity index (χ0n) is 15.1. The summed E-state index contributed by atoms with van der Waals surface area (Å²) >= 11 is 0. The molecular weight excluding hydrogens is 296 g/mol. The van der Waals surface area contributed by atoms with E-state index in [-0.39, 0.29) is 11.0 Å². The number of hydrogen-bond donors (Lipinski definition) is 1. The van der Waals surface area contributed by atoms with E-state index in [1.807, 2.05) is 0 Å². The summed E-state index contributed by atoms with van der Waals surface area (Å²) in [5.74, 6) is 2.47. The maximum atomic E-state index is 11.4. The molecule has 130 valence electrons. The van der Waals surface area contributed by atoms with Gasteiger partial charge in [-0.15, -0.1) is 0 Å². The molecule has 4 aliphatic carbocycles. The van der Waals surface area contributed by atoms with Crippen molar-refractivity contribution in [1.29, 1.82) is 0 Å². The van der Waals surface area contributed by atoms with Crippen LogP contribution in [-0.2, 0) is 6.42 Å². The number of rotatable bonds is 1. The highest BCUT2D eigenvalue weighted by Gasteiger charge is 2.70. The van der Waals surface area contributed by atoms with E-state index in [9.17, 15) is 5.11 Å². The van der Waals surface area contributed by atoms with Crippen molar-refractivity contribution in [3.05, 3.63) is 29.3 Å². The molecule has 1 N–H and O–H groups in total. The third-order valence-electron chi connectivity index (χ3n) is 8.95. The van der Waals surface area contributed by atoms with Crippen molar-refractivity contribution < 1.29 is 9.84 Å². The van der Waals surface area contributed by atoms with Crippen LogP contribution in [0.15, 0.2) is 18.2 Å². The molecule has 5 rings (SSSR count). The van der Waals surface area contributed by atoms with Crippen LogP contribution < -0.4 is 4.74 Å². The molecule has 0 radical (unpaired) electrons. The Morgan fingerprint density at radius 3 is 2.79 bits per heavy atom. The molecule has 2 bridgehead atoms. The quantitative estimate of drug-likeness (QED) is 0.800. The molecule has 0 amide bonds. The summed E-state index contributed by atoms with van der Waals surface area (Å²) in [6, 6.07) is 6.76. The van der Waals surface area contributed by atoms with Crippen LogP contribution in [0.2, 0.25) is 0 Å². The monoisotopic (exact) mass is 326 g/mol. The lowest BCUT2D eigenvalue weighted by Crippen LogP contribution is -2.59. The molecule has 2 nitrogen and oxygen atoms in total. The molecule has 2 heteroatoms. The molecule has 3 fully saturated rings. The molecule has 3 saturated carbocycles. The van der Waals surface area contributed by atoms with E-state index in [2.05, 4.69) is 25.1 Å². The lowest BCUT2D eigenvalue weighted by atomic mass is 9.42. The van der Waals surface area contributed by atoms with E-state index in [1.54, 1.807) is 12.7 Å². The van der Waals surface area contributed by atoms with Crippen LogP contribution in [0.25, 0.3) is 0 Å². The van der Waals surface area contributed by atoms with Crippen LogP contribution in [0.5, 0.6) is 5.75 Å². The number of aliphatic hydroxyl groups is 1. The smallest absolute Gasteiger partial charge is 0.119 e. The van der Waals surface area contributed by atoms with Crippen LogP contribution in [0, 0.1) is 16.7 Å². The summed E-state index contributed by atoms with van der Waals surface area (Å²) < 4.78 is 5.45. The van der Waals surface area contributed by atoms with Crippen LogP contribution in [0.4, 0.5) is 0 Å². The van der Waals surface area contributed by atoms with E-state index < -0.39 is 0 Å². The molecular formula is C22H30O2. The fourth-order valence-corrected chi connectivity index (χ4v) is 7.68. The number of benzene rings is 1. The number of hydrogen-bond acceptors (Lipinski definition) is 2. The standard InChI is InChI=1S/C22H30O2/c1-20-11-8-18-17-6-5-16(24-2)14-15(17)4-7-19(18)21(20)9-3-10-22(20,23)13-12-21/h5-6,14,18-19,23H,3-4,7-13H2,1-2H3/t18-,19-,20+,21+,22+/m1/s1. The highest BCUT2D eigenvalue weighted by Crippen LogP contribution is 2.75. The second kappa shape index (κ2) is 4.78. The van der Waals surface area contributed by atoms with Gasteiger partial charge in [0.2, 0.25) is 0 Å². The van der Waals surface area contributed by atoms with Crippen LogP contribution in [0.3, 0.4) is 0 Å². The predicted molar refractivity (Wildman–Crippen MR) is 95.4 cm³/mol. The molecule has 0 heterocycles. The average molecular weight is 326 g/mol.